The van der Waals surface area contributed by atoms with E-state index in [-0.39, 0.29) is 18.0 Å². The predicted molar refractivity (Wildman–Crippen MR) is 54.5 cm³/mol. The molecule has 0 amide bonds. The minimum Gasteiger partial charge on any atom is -0.462 e. The molecule has 0 aliphatic carbocycles. The van der Waals surface area contributed by atoms with E-state index in [4.69, 9.17) is 4.74 Å². The second-order valence-electron chi connectivity index (χ2n) is 3.57. The molecule has 0 rings (SSSR count). The topological polar surface area (TPSA) is 26.3 Å². The van der Waals surface area contributed by atoms with E-state index < -0.39 is 0 Å². The summed E-state index contributed by atoms with van der Waals surface area (Å²) in [7, 11) is 0. The summed E-state index contributed by atoms with van der Waals surface area (Å²) in [6.07, 6.45) is 3.92. The van der Waals surface area contributed by atoms with Crippen LogP contribution in [0.15, 0.2) is 0 Å². The normalized spacial score (nSPS) is 13.0. The average Bonchev–Trinajstić information content (AvgIpc) is 2.14. The molecule has 0 aromatic carbocycles. The molecule has 0 N–H and O–H groups in total. The molecule has 0 radical (unpaired) electrons. The fourth-order valence-electron chi connectivity index (χ4n) is 1.29. The summed E-state index contributed by atoms with van der Waals surface area (Å²) in [5.74, 6) is 0.0288. The highest BCUT2D eigenvalue weighted by atomic mass is 16.5. The third-order valence-electron chi connectivity index (χ3n) is 2.32. The molecule has 13 heavy (non-hydrogen) atoms. The number of hydrogen-bond donors (Lipinski definition) is 0. The number of ether oxygens (including phenoxy) is 1. The van der Waals surface area contributed by atoms with Crippen LogP contribution in [0.25, 0.3) is 0 Å². The summed E-state index contributed by atoms with van der Waals surface area (Å²) >= 11 is 0. The molecule has 0 saturated heterocycles. The van der Waals surface area contributed by atoms with Crippen LogP contribution in [0, 0.1) is 5.92 Å². The molecule has 2 heteroatoms. The third-order valence-corrected chi connectivity index (χ3v) is 2.32. The van der Waals surface area contributed by atoms with Gasteiger partial charge in [0.1, 0.15) is 6.10 Å². The lowest BCUT2D eigenvalue weighted by atomic mass is 10.1. The van der Waals surface area contributed by atoms with E-state index in [0.717, 1.165) is 25.7 Å². The first kappa shape index (κ1) is 12.5. The maximum Gasteiger partial charge on any atom is 0.308 e. The molecule has 0 aromatic rings. The summed E-state index contributed by atoms with van der Waals surface area (Å²) in [5, 5.41) is 0. The van der Waals surface area contributed by atoms with Crippen LogP contribution in [0.1, 0.15) is 53.4 Å². The molecule has 1 atom stereocenters. The number of esters is 1. The maximum atomic E-state index is 11.4. The Morgan fingerprint density at radius 3 is 2.15 bits per heavy atom. The maximum absolute atomic E-state index is 11.4. The van der Waals surface area contributed by atoms with Gasteiger partial charge in [0.05, 0.1) is 5.92 Å². The molecule has 0 unspecified atom stereocenters. The van der Waals surface area contributed by atoms with Gasteiger partial charge in [0.25, 0.3) is 0 Å². The number of carbonyl (C=O) groups excluding carboxylic acids is 1. The lowest BCUT2D eigenvalue weighted by Crippen LogP contribution is -2.21. The Hall–Kier alpha value is -0.530. The average molecular weight is 186 g/mol. The Balaban J connectivity index is 3.83. The lowest BCUT2D eigenvalue weighted by molar-refractivity contribution is -0.154. The van der Waals surface area contributed by atoms with E-state index >= 15 is 0 Å². The largest absolute Gasteiger partial charge is 0.462 e. The molecule has 0 aromatic heterocycles. The van der Waals surface area contributed by atoms with Gasteiger partial charge in [0, 0.05) is 0 Å². The Morgan fingerprint density at radius 1 is 1.23 bits per heavy atom. The Kier molecular flexibility index (Phi) is 6.65. The molecule has 0 fully saturated rings. The first-order chi connectivity index (χ1) is 6.15. The van der Waals surface area contributed by atoms with Crippen molar-refractivity contribution in [3.63, 3.8) is 0 Å². The van der Waals surface area contributed by atoms with Crippen molar-refractivity contribution in [3.8, 4) is 0 Å². The van der Waals surface area contributed by atoms with Crippen molar-refractivity contribution in [1.29, 1.82) is 0 Å². The van der Waals surface area contributed by atoms with Crippen LogP contribution in [0.4, 0.5) is 0 Å². The molecule has 0 spiro atoms. The number of rotatable bonds is 6. The quantitative estimate of drug-likeness (QED) is 0.596. The Morgan fingerprint density at radius 2 is 1.77 bits per heavy atom. The summed E-state index contributed by atoms with van der Waals surface area (Å²) in [5.41, 5.74) is 0. The van der Waals surface area contributed by atoms with Crippen molar-refractivity contribution in [2.45, 2.75) is 59.5 Å². The SMILES string of the molecule is CCC[C@@H](C)C(=O)OC(CC)CC. The van der Waals surface area contributed by atoms with Crippen LogP contribution in [0.5, 0.6) is 0 Å². The third kappa shape index (κ3) is 4.91. The predicted octanol–water partition coefficient (Wildman–Crippen LogP) is 3.15. The van der Waals surface area contributed by atoms with Crippen LogP contribution >= 0.6 is 0 Å². The van der Waals surface area contributed by atoms with Crippen molar-refractivity contribution >= 4 is 5.97 Å². The fourth-order valence-corrected chi connectivity index (χ4v) is 1.29. The van der Waals surface area contributed by atoms with Crippen molar-refractivity contribution < 1.29 is 9.53 Å². The molecule has 0 aliphatic rings. The number of hydrogen-bond acceptors (Lipinski definition) is 2. The van der Waals surface area contributed by atoms with Gasteiger partial charge in [-0.05, 0) is 19.3 Å². The van der Waals surface area contributed by atoms with Crippen LogP contribution in [0.3, 0.4) is 0 Å². The van der Waals surface area contributed by atoms with Gasteiger partial charge in [-0.1, -0.05) is 34.1 Å². The Bertz CT molecular complexity index is 139. The van der Waals surface area contributed by atoms with Gasteiger partial charge < -0.3 is 4.74 Å². The first-order valence-electron chi connectivity index (χ1n) is 5.36. The zero-order chi connectivity index (χ0) is 10.3. The van der Waals surface area contributed by atoms with Gasteiger partial charge in [-0.3, -0.25) is 4.79 Å². The van der Waals surface area contributed by atoms with Crippen molar-refractivity contribution in [1.82, 2.24) is 0 Å². The van der Waals surface area contributed by atoms with Crippen LogP contribution in [-0.4, -0.2) is 12.1 Å². The highest BCUT2D eigenvalue weighted by Crippen LogP contribution is 2.11. The van der Waals surface area contributed by atoms with Gasteiger partial charge in [0.15, 0.2) is 0 Å². The zero-order valence-electron chi connectivity index (χ0n) is 9.30. The van der Waals surface area contributed by atoms with Gasteiger partial charge in [-0.2, -0.15) is 0 Å². The van der Waals surface area contributed by atoms with Crippen molar-refractivity contribution in [3.05, 3.63) is 0 Å². The van der Waals surface area contributed by atoms with Crippen LogP contribution < -0.4 is 0 Å². The van der Waals surface area contributed by atoms with Gasteiger partial charge in [-0.25, -0.2) is 0 Å². The molecule has 78 valence electrons. The molecule has 0 aliphatic heterocycles. The summed E-state index contributed by atoms with van der Waals surface area (Å²) in [6.45, 7) is 8.12. The monoisotopic (exact) mass is 186 g/mol. The highest BCUT2D eigenvalue weighted by molar-refractivity contribution is 5.72. The fraction of sp³-hybridized carbons (Fsp3) is 0.909. The molecule has 0 heterocycles. The Labute approximate surface area is 81.7 Å². The van der Waals surface area contributed by atoms with Crippen molar-refractivity contribution in [2.24, 2.45) is 5.92 Å². The minimum absolute atomic E-state index is 0.0319. The van der Waals surface area contributed by atoms with E-state index in [1.807, 2.05) is 20.8 Å². The summed E-state index contributed by atoms with van der Waals surface area (Å²) in [6, 6.07) is 0. The van der Waals surface area contributed by atoms with Crippen molar-refractivity contribution in [2.75, 3.05) is 0 Å². The van der Waals surface area contributed by atoms with Gasteiger partial charge in [0.2, 0.25) is 0 Å². The van der Waals surface area contributed by atoms with Gasteiger partial charge in [-0.15, -0.1) is 0 Å². The highest BCUT2D eigenvalue weighted by Gasteiger charge is 2.16. The molecule has 0 saturated carbocycles. The van der Waals surface area contributed by atoms with E-state index in [1.165, 1.54) is 0 Å². The van der Waals surface area contributed by atoms with E-state index in [2.05, 4.69) is 6.92 Å². The molecular weight excluding hydrogens is 164 g/mol. The van der Waals surface area contributed by atoms with E-state index in [1.54, 1.807) is 0 Å². The first-order valence-corrected chi connectivity index (χ1v) is 5.36. The lowest BCUT2D eigenvalue weighted by Gasteiger charge is -2.17. The standard InChI is InChI=1S/C11H22O2/c1-5-8-9(4)11(12)13-10(6-2)7-3/h9-10H,5-8H2,1-4H3/t9-/m1/s1. The second-order valence-corrected chi connectivity index (χ2v) is 3.57. The van der Waals surface area contributed by atoms with Crippen LogP contribution in [0.2, 0.25) is 0 Å². The van der Waals surface area contributed by atoms with Crippen LogP contribution in [-0.2, 0) is 9.53 Å². The zero-order valence-corrected chi connectivity index (χ0v) is 9.30. The van der Waals surface area contributed by atoms with Gasteiger partial charge >= 0.3 is 5.97 Å². The molecule has 2 nitrogen and oxygen atoms in total. The minimum atomic E-state index is -0.0319. The molecule has 0 bridgehead atoms. The second kappa shape index (κ2) is 6.93. The summed E-state index contributed by atoms with van der Waals surface area (Å²) < 4.78 is 5.32. The van der Waals surface area contributed by atoms with E-state index in [0.29, 0.717) is 0 Å². The smallest absolute Gasteiger partial charge is 0.308 e. The number of carbonyl (C=O) groups is 1. The molecular formula is C11H22O2. The summed E-state index contributed by atoms with van der Waals surface area (Å²) in [4.78, 5) is 11.4. The van der Waals surface area contributed by atoms with E-state index in [9.17, 15) is 4.79 Å².